The van der Waals surface area contributed by atoms with Gasteiger partial charge in [0, 0.05) is 86.9 Å². The fourth-order valence-electron chi connectivity index (χ4n) is 11.4. The Morgan fingerprint density at radius 2 is 1.23 bits per heavy atom. The third-order valence-electron chi connectivity index (χ3n) is 16.8. The summed E-state index contributed by atoms with van der Waals surface area (Å²) in [6.45, 7) is 15.4. The van der Waals surface area contributed by atoms with Gasteiger partial charge >= 0.3 is 24.0 Å². The molecule has 1 aliphatic carbocycles. The summed E-state index contributed by atoms with van der Waals surface area (Å²) in [7, 11) is 0. The first-order valence-corrected chi connectivity index (χ1v) is 32.1. The van der Waals surface area contributed by atoms with Crippen molar-refractivity contribution in [3.05, 3.63) is 63.0 Å². The van der Waals surface area contributed by atoms with E-state index in [-0.39, 0.29) is 68.2 Å². The minimum Gasteiger partial charge on any atom is -0.486 e. The van der Waals surface area contributed by atoms with Gasteiger partial charge in [0.1, 0.15) is 25.9 Å². The third-order valence-corrected chi connectivity index (χ3v) is 16.8. The lowest BCUT2D eigenvalue weighted by atomic mass is 9.78. The Balaban J connectivity index is 0.701. The summed E-state index contributed by atoms with van der Waals surface area (Å²) in [6.07, 6.45) is 5.20. The highest BCUT2D eigenvalue weighted by molar-refractivity contribution is 5.91. The zero-order valence-corrected chi connectivity index (χ0v) is 53.2. The molecule has 2 amide bonds. The zero-order chi connectivity index (χ0) is 65.1. The van der Waals surface area contributed by atoms with E-state index in [4.69, 9.17) is 76.8 Å². The van der Waals surface area contributed by atoms with Crippen LogP contribution in [0.25, 0.3) is 22.3 Å². The lowest BCUT2D eigenvalue weighted by Gasteiger charge is -2.36. The molecule has 6 heterocycles. The first-order chi connectivity index (χ1) is 44.7. The number of benzene rings is 1. The van der Waals surface area contributed by atoms with Gasteiger partial charge in [0.15, 0.2) is 17.1 Å². The van der Waals surface area contributed by atoms with Crippen LogP contribution in [0.4, 0.5) is 4.79 Å². The van der Waals surface area contributed by atoms with Crippen LogP contribution in [0.1, 0.15) is 81.0 Å². The van der Waals surface area contributed by atoms with Crippen molar-refractivity contribution < 1.29 is 101 Å². The number of amides is 2. The quantitative estimate of drug-likeness (QED) is 0.0282. The summed E-state index contributed by atoms with van der Waals surface area (Å²) in [6, 6.07) is 5.51. The van der Waals surface area contributed by atoms with Crippen molar-refractivity contribution in [3.8, 4) is 22.9 Å². The molecule has 8 rings (SSSR count). The van der Waals surface area contributed by atoms with Gasteiger partial charge in [-0.3, -0.25) is 29.0 Å². The molecular weight excluding hydrogens is 1200 g/mol. The van der Waals surface area contributed by atoms with E-state index >= 15 is 0 Å². The standard InChI is InChI=1S/C64H92N6O22/c1-3-64(79)51-41-53-58-49(44-70(53)59(75)50(51)45-91-61(64)77)48(47-40-54-55(42-52(47)66-58)90-39-38-89-54)43-68-13-15-69(16-14-68)62(78)92-46-6-4-5-10-63(2,11-7-46)60(76)65-12-22-82-28-34-88-37-31-85-25-19-67(17-23-83-29-35-86-32-26-80-20-8-56(71)72)18-24-84-30-36-87-33-27-81-21-9-57(73)74/h4,6,40-42,46,79H,3,5,7-39,43-45H2,1-2H3,(H,65,76)(H,71,72)(H,73,74)/b6-4+/t46-,63+,64-/m0/s1. The van der Waals surface area contributed by atoms with Crippen molar-refractivity contribution >= 4 is 40.8 Å². The van der Waals surface area contributed by atoms with Crippen LogP contribution in [0.5, 0.6) is 11.5 Å². The molecule has 3 aromatic rings. The molecular formula is C64H92N6O22. The number of pyridine rings is 2. The number of aliphatic carboxylic acids is 2. The maximum Gasteiger partial charge on any atom is 0.410 e. The topological polar surface area (TPSA) is 323 Å². The van der Waals surface area contributed by atoms with E-state index < -0.39 is 41.1 Å². The Labute approximate surface area is 535 Å². The van der Waals surface area contributed by atoms with Crippen LogP contribution in [0.2, 0.25) is 0 Å². The van der Waals surface area contributed by atoms with Crippen LogP contribution in [0.15, 0.2) is 35.1 Å². The van der Waals surface area contributed by atoms with E-state index in [1.165, 1.54) is 0 Å². The number of carbonyl (C=O) groups excluding carboxylic acids is 3. The number of aliphatic hydroxyl groups is 1. The molecule has 92 heavy (non-hydrogen) atoms. The number of carbonyl (C=O) groups is 5. The average molecular weight is 1300 g/mol. The smallest absolute Gasteiger partial charge is 0.410 e. The lowest BCUT2D eigenvalue weighted by molar-refractivity contribution is -0.172. The van der Waals surface area contributed by atoms with Crippen molar-refractivity contribution in [2.75, 3.05) is 184 Å². The van der Waals surface area contributed by atoms with E-state index in [2.05, 4.69) is 15.1 Å². The van der Waals surface area contributed by atoms with Crippen LogP contribution in [-0.2, 0) is 96.6 Å². The average Bonchev–Trinajstić information content (AvgIpc) is 1.50. The number of ether oxygens (including phenoxy) is 13. The Bertz CT molecular complexity index is 2960. The number of nitrogens with zero attached hydrogens (tertiary/aromatic N) is 5. The summed E-state index contributed by atoms with van der Waals surface area (Å²) in [4.78, 5) is 86.8. The number of allylic oxidation sites excluding steroid dienone is 1. The fourth-order valence-corrected chi connectivity index (χ4v) is 11.4. The maximum atomic E-state index is 14.1. The first kappa shape index (κ1) is 71.4. The molecule has 28 nitrogen and oxygen atoms in total. The molecule has 0 saturated carbocycles. The molecule has 2 aromatic heterocycles. The number of hydrogen-bond donors (Lipinski definition) is 4. The predicted octanol–water partition coefficient (Wildman–Crippen LogP) is 3.13. The van der Waals surface area contributed by atoms with Gasteiger partial charge in [0.2, 0.25) is 5.91 Å². The molecule has 5 aliphatic rings. The van der Waals surface area contributed by atoms with Crippen molar-refractivity contribution in [1.29, 1.82) is 0 Å². The number of hydrogen-bond acceptors (Lipinski definition) is 23. The highest BCUT2D eigenvalue weighted by Crippen LogP contribution is 2.43. The van der Waals surface area contributed by atoms with E-state index in [0.29, 0.717) is 232 Å². The normalized spacial score (nSPS) is 19.8. The second-order valence-electron chi connectivity index (χ2n) is 23.2. The van der Waals surface area contributed by atoms with Gasteiger partial charge in [-0.2, -0.15) is 0 Å². The molecule has 510 valence electrons. The Kier molecular flexibility index (Phi) is 28.6. The molecule has 1 fully saturated rings. The largest absolute Gasteiger partial charge is 0.486 e. The minimum absolute atomic E-state index is 0.0325. The number of carboxylic acid groups (broad SMARTS) is 2. The first-order valence-electron chi connectivity index (χ1n) is 32.1. The Morgan fingerprint density at radius 1 is 0.685 bits per heavy atom. The van der Waals surface area contributed by atoms with Gasteiger partial charge in [-0.1, -0.05) is 19.9 Å². The maximum absolute atomic E-state index is 14.1. The van der Waals surface area contributed by atoms with E-state index in [9.17, 15) is 33.9 Å². The Hall–Kier alpha value is -6.41. The van der Waals surface area contributed by atoms with Gasteiger partial charge in [-0.25, -0.2) is 14.6 Å². The summed E-state index contributed by atoms with van der Waals surface area (Å²) < 4.78 is 75.3. The SMILES string of the molecule is CC[C@@]1(O)C(=O)OCc2c1cc1n(c2=O)Cc2c-1nc1cc3c(cc1c2CN1CCN(C(=O)O[C@H]2/C=C/CC[C@@](C)(C(=O)NCCOCCOCCOCCN(CCOCCOCCOCCC(=O)O)CCOCCOCCOCCC(=O)O)CC2)CC1)OCCO3. The molecule has 0 unspecified atom stereocenters. The molecule has 4 N–H and O–H groups in total. The van der Waals surface area contributed by atoms with Crippen LogP contribution >= 0.6 is 0 Å². The molecule has 0 bridgehead atoms. The van der Waals surface area contributed by atoms with Gasteiger partial charge in [0.25, 0.3) is 5.56 Å². The number of cyclic esters (lactones) is 1. The van der Waals surface area contributed by atoms with E-state index in [1.54, 1.807) is 22.5 Å². The third kappa shape index (κ3) is 20.8. The van der Waals surface area contributed by atoms with Gasteiger partial charge in [-0.15, -0.1) is 0 Å². The highest BCUT2D eigenvalue weighted by Gasteiger charge is 2.46. The van der Waals surface area contributed by atoms with E-state index in [1.807, 2.05) is 31.2 Å². The number of aromatic nitrogens is 2. The summed E-state index contributed by atoms with van der Waals surface area (Å²) in [5.74, 6) is -1.51. The molecule has 1 aromatic carbocycles. The number of piperazine rings is 1. The predicted molar refractivity (Wildman–Crippen MR) is 330 cm³/mol. The van der Waals surface area contributed by atoms with Crippen LogP contribution in [0.3, 0.4) is 0 Å². The van der Waals surface area contributed by atoms with Crippen LogP contribution in [-0.4, -0.2) is 260 Å². The summed E-state index contributed by atoms with van der Waals surface area (Å²) in [5, 5.41) is 32.8. The molecule has 3 atom stereocenters. The van der Waals surface area contributed by atoms with Gasteiger partial charge in [-0.05, 0) is 55.9 Å². The summed E-state index contributed by atoms with van der Waals surface area (Å²) >= 11 is 0. The number of esters is 1. The van der Waals surface area contributed by atoms with Gasteiger partial charge in [0.05, 0.1) is 161 Å². The molecule has 1 saturated heterocycles. The van der Waals surface area contributed by atoms with Crippen molar-refractivity contribution in [2.45, 2.75) is 90.2 Å². The minimum atomic E-state index is -1.96. The van der Waals surface area contributed by atoms with E-state index in [0.717, 1.165) is 16.5 Å². The fraction of sp³-hybridized carbons (Fsp3) is 0.672. The zero-order valence-electron chi connectivity index (χ0n) is 53.2. The van der Waals surface area contributed by atoms with Crippen molar-refractivity contribution in [3.63, 3.8) is 0 Å². The Morgan fingerprint density at radius 3 is 1.79 bits per heavy atom. The molecule has 0 radical (unpaired) electrons. The molecule has 28 heteroatoms. The second kappa shape index (κ2) is 36.9. The van der Waals surface area contributed by atoms with Crippen LogP contribution < -0.4 is 20.3 Å². The van der Waals surface area contributed by atoms with Gasteiger partial charge < -0.3 is 91.7 Å². The summed E-state index contributed by atoms with van der Waals surface area (Å²) in [5.41, 5.74) is 1.06. The number of nitrogens with one attached hydrogen (secondary N) is 1. The van der Waals surface area contributed by atoms with Crippen LogP contribution in [0, 0.1) is 5.41 Å². The van der Waals surface area contributed by atoms with Crippen molar-refractivity contribution in [2.24, 2.45) is 5.41 Å². The monoisotopic (exact) mass is 1300 g/mol. The lowest BCUT2D eigenvalue weighted by Crippen LogP contribution is -2.49. The highest BCUT2D eigenvalue weighted by atomic mass is 16.6. The second-order valence-corrected chi connectivity index (χ2v) is 23.2. The number of carboxylic acids is 2. The van der Waals surface area contributed by atoms with Crippen molar-refractivity contribution in [1.82, 2.24) is 29.6 Å². The molecule has 0 spiro atoms. The number of rotatable bonds is 41. The molecule has 4 aliphatic heterocycles. The number of fused-ring (bicyclic) bond motifs is 6.